The van der Waals surface area contributed by atoms with E-state index in [4.69, 9.17) is 0 Å². The van der Waals surface area contributed by atoms with Crippen LogP contribution in [-0.4, -0.2) is 10.2 Å². The van der Waals surface area contributed by atoms with E-state index in [-0.39, 0.29) is 6.04 Å². The first-order valence-corrected chi connectivity index (χ1v) is 6.66. The summed E-state index contributed by atoms with van der Waals surface area (Å²) in [6.07, 6.45) is 0.943. The van der Waals surface area contributed by atoms with E-state index in [0.717, 1.165) is 16.6 Å². The lowest BCUT2D eigenvalue weighted by molar-refractivity contribution is 0.861. The van der Waals surface area contributed by atoms with Crippen LogP contribution in [0.3, 0.4) is 0 Å². The van der Waals surface area contributed by atoms with Gasteiger partial charge < -0.3 is 5.32 Å². The summed E-state index contributed by atoms with van der Waals surface area (Å²) in [5.74, 6) is 0. The minimum absolute atomic E-state index is 0.258. The lowest BCUT2D eigenvalue weighted by atomic mass is 10.0. The molecule has 2 aromatic rings. The molecule has 0 saturated carbocycles. The van der Waals surface area contributed by atoms with E-state index in [1.807, 2.05) is 0 Å². The maximum absolute atomic E-state index is 4.14. The first kappa shape index (κ1) is 12.0. The Balaban J connectivity index is 2.11. The maximum atomic E-state index is 4.14. The van der Waals surface area contributed by atoms with Gasteiger partial charge in [0.15, 0.2) is 0 Å². The van der Waals surface area contributed by atoms with Gasteiger partial charge >= 0.3 is 0 Å². The number of hydrogen-bond acceptors (Lipinski definition) is 4. The zero-order valence-corrected chi connectivity index (χ0v) is 11.2. The van der Waals surface area contributed by atoms with Crippen molar-refractivity contribution in [3.63, 3.8) is 0 Å². The summed E-state index contributed by atoms with van der Waals surface area (Å²) in [7, 11) is 0. The molecule has 90 valence electrons. The van der Waals surface area contributed by atoms with Crippen LogP contribution in [0.4, 0.5) is 5.13 Å². The molecule has 17 heavy (non-hydrogen) atoms. The molecule has 0 aliphatic heterocycles. The van der Waals surface area contributed by atoms with E-state index >= 15 is 0 Å². The maximum Gasteiger partial charge on any atom is 0.206 e. The molecule has 0 amide bonds. The molecule has 0 fully saturated rings. The molecule has 0 radical (unpaired) electrons. The molecule has 4 heteroatoms. The second kappa shape index (κ2) is 5.27. The molecule has 1 heterocycles. The normalized spacial score (nSPS) is 12.4. The predicted molar refractivity (Wildman–Crippen MR) is 72.5 cm³/mol. The number of rotatable bonds is 4. The fourth-order valence-electron chi connectivity index (χ4n) is 1.79. The summed E-state index contributed by atoms with van der Waals surface area (Å²) in [5.41, 5.74) is 2.61. The third-order valence-corrected chi connectivity index (χ3v) is 3.76. The van der Waals surface area contributed by atoms with Gasteiger partial charge in [-0.2, -0.15) is 0 Å². The molecule has 0 aliphatic rings. The van der Waals surface area contributed by atoms with Gasteiger partial charge in [-0.15, -0.1) is 10.2 Å². The van der Waals surface area contributed by atoms with Gasteiger partial charge in [-0.05, 0) is 31.4 Å². The Kier molecular flexibility index (Phi) is 3.74. The van der Waals surface area contributed by atoms with E-state index in [9.17, 15) is 0 Å². The number of aryl methyl sites for hydroxylation is 2. The van der Waals surface area contributed by atoms with E-state index in [1.54, 1.807) is 11.3 Å². The SMILES string of the molecule is CCc1nnc(NC(C)c2ccccc2C)s1. The largest absolute Gasteiger partial charge is 0.354 e. The predicted octanol–water partition coefficient (Wildman–Crippen LogP) is 3.58. The molecule has 1 N–H and O–H groups in total. The molecule has 1 aromatic carbocycles. The van der Waals surface area contributed by atoms with Crippen LogP contribution in [0.1, 0.15) is 36.0 Å². The molecule has 3 nitrogen and oxygen atoms in total. The smallest absolute Gasteiger partial charge is 0.206 e. The molecule has 1 aromatic heterocycles. The van der Waals surface area contributed by atoms with Crippen molar-refractivity contribution < 1.29 is 0 Å². The van der Waals surface area contributed by atoms with Crippen LogP contribution in [-0.2, 0) is 6.42 Å². The molecule has 1 unspecified atom stereocenters. The van der Waals surface area contributed by atoms with E-state index in [2.05, 4.69) is 60.6 Å². The molecule has 0 spiro atoms. The quantitative estimate of drug-likeness (QED) is 0.897. The standard InChI is InChI=1S/C13H17N3S/c1-4-12-15-16-13(17-12)14-10(3)11-8-6-5-7-9(11)2/h5-8,10H,4H2,1-3H3,(H,14,16). The Labute approximate surface area is 106 Å². The molecule has 2 rings (SSSR count). The number of hydrogen-bond donors (Lipinski definition) is 1. The van der Waals surface area contributed by atoms with Crippen molar-refractivity contribution in [2.24, 2.45) is 0 Å². The highest BCUT2D eigenvalue weighted by molar-refractivity contribution is 7.15. The monoisotopic (exact) mass is 247 g/mol. The highest BCUT2D eigenvalue weighted by atomic mass is 32.1. The Morgan fingerprint density at radius 1 is 1.29 bits per heavy atom. The van der Waals surface area contributed by atoms with Gasteiger partial charge in [0.25, 0.3) is 0 Å². The van der Waals surface area contributed by atoms with Crippen molar-refractivity contribution in [2.45, 2.75) is 33.2 Å². The van der Waals surface area contributed by atoms with Crippen LogP contribution in [0.15, 0.2) is 24.3 Å². The van der Waals surface area contributed by atoms with Crippen molar-refractivity contribution in [2.75, 3.05) is 5.32 Å². The summed E-state index contributed by atoms with van der Waals surface area (Å²) in [6.45, 7) is 6.37. The summed E-state index contributed by atoms with van der Waals surface area (Å²) in [6, 6.07) is 8.66. The van der Waals surface area contributed by atoms with Crippen molar-refractivity contribution >= 4 is 16.5 Å². The van der Waals surface area contributed by atoms with E-state index < -0.39 is 0 Å². The minimum atomic E-state index is 0.258. The lowest BCUT2D eigenvalue weighted by Gasteiger charge is -2.15. The average molecular weight is 247 g/mol. The van der Waals surface area contributed by atoms with Crippen LogP contribution in [0.5, 0.6) is 0 Å². The zero-order chi connectivity index (χ0) is 12.3. The molecule has 0 bridgehead atoms. The molecule has 1 atom stereocenters. The van der Waals surface area contributed by atoms with Crippen LogP contribution in [0.25, 0.3) is 0 Å². The second-order valence-electron chi connectivity index (χ2n) is 4.08. The topological polar surface area (TPSA) is 37.8 Å². The molecule has 0 aliphatic carbocycles. The van der Waals surface area contributed by atoms with Crippen molar-refractivity contribution in [1.29, 1.82) is 0 Å². The number of aromatic nitrogens is 2. The van der Waals surface area contributed by atoms with Crippen LogP contribution in [0, 0.1) is 6.92 Å². The Hall–Kier alpha value is -1.42. The Morgan fingerprint density at radius 2 is 2.06 bits per heavy atom. The van der Waals surface area contributed by atoms with Crippen LogP contribution in [0.2, 0.25) is 0 Å². The number of anilines is 1. The van der Waals surface area contributed by atoms with E-state index in [1.165, 1.54) is 11.1 Å². The van der Waals surface area contributed by atoms with Gasteiger partial charge in [-0.25, -0.2) is 0 Å². The van der Waals surface area contributed by atoms with Gasteiger partial charge in [0, 0.05) is 0 Å². The summed E-state index contributed by atoms with van der Waals surface area (Å²) < 4.78 is 0. The minimum Gasteiger partial charge on any atom is -0.354 e. The van der Waals surface area contributed by atoms with Crippen LogP contribution >= 0.6 is 11.3 Å². The molecular formula is C13H17N3S. The van der Waals surface area contributed by atoms with Gasteiger partial charge in [0.2, 0.25) is 5.13 Å². The fraction of sp³-hybridized carbons (Fsp3) is 0.385. The lowest BCUT2D eigenvalue weighted by Crippen LogP contribution is -2.07. The summed E-state index contributed by atoms with van der Waals surface area (Å²) in [5, 5.41) is 13.6. The number of benzene rings is 1. The fourth-order valence-corrected chi connectivity index (χ4v) is 2.56. The summed E-state index contributed by atoms with van der Waals surface area (Å²) >= 11 is 1.63. The highest BCUT2D eigenvalue weighted by Gasteiger charge is 2.10. The molecular weight excluding hydrogens is 230 g/mol. The number of nitrogens with one attached hydrogen (secondary N) is 1. The third-order valence-electron chi connectivity index (χ3n) is 2.76. The average Bonchev–Trinajstić information content (AvgIpc) is 2.77. The van der Waals surface area contributed by atoms with Crippen LogP contribution < -0.4 is 5.32 Å². The van der Waals surface area contributed by atoms with Crippen molar-refractivity contribution in [1.82, 2.24) is 10.2 Å². The summed E-state index contributed by atoms with van der Waals surface area (Å²) in [4.78, 5) is 0. The second-order valence-corrected chi connectivity index (χ2v) is 5.14. The third kappa shape index (κ3) is 2.82. The van der Waals surface area contributed by atoms with Crippen molar-refractivity contribution in [3.8, 4) is 0 Å². The van der Waals surface area contributed by atoms with Gasteiger partial charge in [-0.1, -0.05) is 42.5 Å². The number of nitrogens with zero attached hydrogens (tertiary/aromatic N) is 2. The highest BCUT2D eigenvalue weighted by Crippen LogP contribution is 2.24. The zero-order valence-electron chi connectivity index (χ0n) is 10.4. The first-order chi connectivity index (χ1) is 8.20. The first-order valence-electron chi connectivity index (χ1n) is 5.85. The molecule has 0 saturated heterocycles. The Bertz CT molecular complexity index is 493. The van der Waals surface area contributed by atoms with E-state index in [0.29, 0.717) is 0 Å². The van der Waals surface area contributed by atoms with Gasteiger partial charge in [-0.3, -0.25) is 0 Å². The van der Waals surface area contributed by atoms with Crippen molar-refractivity contribution in [3.05, 3.63) is 40.4 Å². The Morgan fingerprint density at radius 3 is 2.71 bits per heavy atom. The van der Waals surface area contributed by atoms with Gasteiger partial charge in [0.1, 0.15) is 5.01 Å². The van der Waals surface area contributed by atoms with Gasteiger partial charge in [0.05, 0.1) is 6.04 Å².